The van der Waals surface area contributed by atoms with E-state index in [0.717, 1.165) is 17.2 Å². The highest BCUT2D eigenvalue weighted by Crippen LogP contribution is 2.50. The zero-order chi connectivity index (χ0) is 20.0. The fraction of sp³-hybridized carbons (Fsp3) is 0.300. The Labute approximate surface area is 159 Å². The Bertz CT molecular complexity index is 1030. The van der Waals surface area contributed by atoms with E-state index >= 15 is 0 Å². The number of carbonyl (C=O) groups is 2. The number of hydrogen-bond acceptors (Lipinski definition) is 4. The molecule has 0 saturated carbocycles. The number of pyridine rings is 1. The summed E-state index contributed by atoms with van der Waals surface area (Å²) in [6, 6.07) is 6.17. The fourth-order valence-electron chi connectivity index (χ4n) is 4.04. The summed E-state index contributed by atoms with van der Waals surface area (Å²) < 4.78 is 27.6. The van der Waals surface area contributed by atoms with Gasteiger partial charge in [0, 0.05) is 6.20 Å². The number of halogens is 2. The second-order valence-corrected chi connectivity index (χ2v) is 7.04. The maximum atomic E-state index is 14.1. The number of nitrogens with one attached hydrogen (secondary N) is 1. The van der Waals surface area contributed by atoms with E-state index in [1.165, 1.54) is 23.2 Å². The van der Waals surface area contributed by atoms with Gasteiger partial charge in [0.1, 0.15) is 24.2 Å². The summed E-state index contributed by atoms with van der Waals surface area (Å²) >= 11 is 0. The second kappa shape index (κ2) is 6.68. The van der Waals surface area contributed by atoms with E-state index in [-0.39, 0.29) is 41.5 Å². The molecule has 0 spiro atoms. The molecule has 0 radical (unpaired) electrons. The van der Waals surface area contributed by atoms with Crippen molar-refractivity contribution < 1.29 is 18.4 Å². The first-order valence-corrected chi connectivity index (χ1v) is 8.83. The quantitative estimate of drug-likeness (QED) is 0.880. The van der Waals surface area contributed by atoms with Crippen LogP contribution in [0.2, 0.25) is 0 Å². The topological polar surface area (TPSA) is 86.1 Å². The van der Waals surface area contributed by atoms with Crippen molar-refractivity contribution in [3.8, 4) is 6.07 Å². The van der Waals surface area contributed by atoms with Crippen LogP contribution < -0.4 is 5.32 Å². The number of fused-ring (bicyclic) bond motifs is 5. The SMILES string of the molecule is C[C@@H](NC(=O)CN1C(=O)[C@H]2C[C@@H]1c1cc(F)ccc12)c1ncc(C#N)cc1F. The van der Waals surface area contributed by atoms with Crippen LogP contribution in [0.3, 0.4) is 0 Å². The third kappa shape index (κ3) is 2.89. The minimum absolute atomic E-state index is 0.00837. The van der Waals surface area contributed by atoms with Crippen LogP contribution >= 0.6 is 0 Å². The number of nitrogens with zero attached hydrogens (tertiary/aromatic N) is 3. The third-order valence-electron chi connectivity index (χ3n) is 5.30. The van der Waals surface area contributed by atoms with Crippen molar-refractivity contribution in [2.45, 2.75) is 31.3 Å². The van der Waals surface area contributed by atoms with Gasteiger partial charge in [0.25, 0.3) is 0 Å². The molecule has 0 unspecified atom stereocenters. The first kappa shape index (κ1) is 18.0. The zero-order valence-corrected chi connectivity index (χ0v) is 14.9. The lowest BCUT2D eigenvalue weighted by molar-refractivity contribution is -0.136. The molecule has 2 heterocycles. The number of nitriles is 1. The van der Waals surface area contributed by atoms with Gasteiger partial charge < -0.3 is 10.2 Å². The van der Waals surface area contributed by atoms with Gasteiger partial charge in [0.15, 0.2) is 0 Å². The van der Waals surface area contributed by atoms with Crippen molar-refractivity contribution in [2.75, 3.05) is 6.54 Å². The van der Waals surface area contributed by atoms with Crippen molar-refractivity contribution in [2.24, 2.45) is 0 Å². The van der Waals surface area contributed by atoms with E-state index in [1.54, 1.807) is 19.1 Å². The van der Waals surface area contributed by atoms with E-state index in [2.05, 4.69) is 10.3 Å². The summed E-state index contributed by atoms with van der Waals surface area (Å²) in [4.78, 5) is 30.3. The standard InChI is InChI=1S/C20H16F2N4O2/c1-10(19-16(22)4-11(7-23)8-24-19)25-18(27)9-26-17-6-15(20(26)28)13-3-2-12(21)5-14(13)17/h2-5,8,10,15,17H,6,9H2,1H3,(H,25,27)/t10-,15+,17-/m1/s1. The van der Waals surface area contributed by atoms with Crippen LogP contribution in [0.15, 0.2) is 30.5 Å². The Morgan fingerprint density at radius 3 is 2.89 bits per heavy atom. The van der Waals surface area contributed by atoms with Crippen molar-refractivity contribution in [1.29, 1.82) is 5.26 Å². The lowest BCUT2D eigenvalue weighted by Crippen LogP contribution is -2.42. The van der Waals surface area contributed by atoms with Crippen LogP contribution in [0.1, 0.15) is 53.7 Å². The Hall–Kier alpha value is -3.34. The van der Waals surface area contributed by atoms with Gasteiger partial charge in [-0.15, -0.1) is 0 Å². The van der Waals surface area contributed by atoms with Crippen LogP contribution in [-0.4, -0.2) is 28.2 Å². The van der Waals surface area contributed by atoms with Crippen LogP contribution in [0.5, 0.6) is 0 Å². The van der Waals surface area contributed by atoms with Crippen molar-refractivity contribution >= 4 is 11.8 Å². The number of hydrogen-bond donors (Lipinski definition) is 1. The molecule has 8 heteroatoms. The predicted octanol–water partition coefficient (Wildman–Crippen LogP) is 2.48. The van der Waals surface area contributed by atoms with Crippen molar-refractivity contribution in [1.82, 2.24) is 15.2 Å². The van der Waals surface area contributed by atoms with Crippen LogP contribution in [0.25, 0.3) is 0 Å². The first-order chi connectivity index (χ1) is 13.4. The van der Waals surface area contributed by atoms with Gasteiger partial charge >= 0.3 is 0 Å². The smallest absolute Gasteiger partial charge is 0.240 e. The molecule has 3 atom stereocenters. The Balaban J connectivity index is 1.46. The minimum atomic E-state index is -0.736. The second-order valence-electron chi connectivity index (χ2n) is 7.04. The van der Waals surface area contributed by atoms with Crippen molar-refractivity contribution in [3.63, 3.8) is 0 Å². The average molecular weight is 382 g/mol. The number of benzene rings is 1. The molecule has 142 valence electrons. The van der Waals surface area contributed by atoms with E-state index in [4.69, 9.17) is 5.26 Å². The largest absolute Gasteiger partial charge is 0.346 e. The Kier molecular flexibility index (Phi) is 4.30. The van der Waals surface area contributed by atoms with E-state index in [9.17, 15) is 18.4 Å². The Morgan fingerprint density at radius 1 is 1.39 bits per heavy atom. The molecule has 6 nitrogen and oxygen atoms in total. The van der Waals surface area contributed by atoms with Gasteiger partial charge in [-0.05, 0) is 42.7 Å². The molecule has 2 amide bonds. The number of aromatic nitrogens is 1. The molecule has 1 aliphatic heterocycles. The van der Waals surface area contributed by atoms with E-state index < -0.39 is 17.8 Å². The Morgan fingerprint density at radius 2 is 2.18 bits per heavy atom. The lowest BCUT2D eigenvalue weighted by Gasteiger charge is -2.29. The molecule has 4 rings (SSSR count). The molecule has 1 saturated heterocycles. The molecular weight excluding hydrogens is 366 g/mol. The van der Waals surface area contributed by atoms with E-state index in [0.29, 0.717) is 6.42 Å². The molecule has 1 aliphatic carbocycles. The third-order valence-corrected chi connectivity index (χ3v) is 5.30. The summed E-state index contributed by atoms with van der Waals surface area (Å²) in [6.07, 6.45) is 1.77. The average Bonchev–Trinajstić information content (AvgIpc) is 3.17. The van der Waals surface area contributed by atoms with Gasteiger partial charge in [-0.2, -0.15) is 5.26 Å². The monoisotopic (exact) mass is 382 g/mol. The lowest BCUT2D eigenvalue weighted by atomic mass is 9.98. The van der Waals surface area contributed by atoms with Gasteiger partial charge in [0.2, 0.25) is 11.8 Å². The van der Waals surface area contributed by atoms with Crippen LogP contribution in [-0.2, 0) is 9.59 Å². The zero-order valence-electron chi connectivity index (χ0n) is 14.9. The molecule has 1 fully saturated rings. The number of likely N-dealkylation sites (tertiary alicyclic amines) is 1. The fourth-order valence-corrected chi connectivity index (χ4v) is 4.04. The molecule has 2 aliphatic rings. The normalized spacial score (nSPS) is 20.6. The number of rotatable bonds is 4. The highest BCUT2D eigenvalue weighted by atomic mass is 19.1. The molecule has 1 N–H and O–H groups in total. The summed E-state index contributed by atoms with van der Waals surface area (Å²) in [6.45, 7) is 1.37. The van der Waals surface area contributed by atoms with Gasteiger partial charge in [-0.1, -0.05) is 6.07 Å². The molecular formula is C20H16F2N4O2. The van der Waals surface area contributed by atoms with E-state index in [1.807, 2.05) is 0 Å². The molecule has 2 aromatic rings. The van der Waals surface area contributed by atoms with Gasteiger partial charge in [-0.3, -0.25) is 14.6 Å². The predicted molar refractivity (Wildman–Crippen MR) is 93.7 cm³/mol. The summed E-state index contributed by atoms with van der Waals surface area (Å²) in [7, 11) is 0. The summed E-state index contributed by atoms with van der Waals surface area (Å²) in [5.74, 6) is -2.03. The number of amides is 2. The van der Waals surface area contributed by atoms with Gasteiger partial charge in [0.05, 0.1) is 29.3 Å². The molecule has 28 heavy (non-hydrogen) atoms. The molecule has 1 aromatic heterocycles. The van der Waals surface area contributed by atoms with Crippen molar-refractivity contribution in [3.05, 3.63) is 64.5 Å². The van der Waals surface area contributed by atoms with Crippen LogP contribution in [0, 0.1) is 23.0 Å². The first-order valence-electron chi connectivity index (χ1n) is 8.83. The summed E-state index contributed by atoms with van der Waals surface area (Å²) in [5, 5.41) is 11.4. The molecule has 2 bridgehead atoms. The summed E-state index contributed by atoms with van der Waals surface area (Å²) in [5.41, 5.74) is 1.66. The maximum absolute atomic E-state index is 14.1. The minimum Gasteiger partial charge on any atom is -0.346 e. The van der Waals surface area contributed by atoms with Crippen LogP contribution in [0.4, 0.5) is 8.78 Å². The highest BCUT2D eigenvalue weighted by Gasteiger charge is 2.49. The maximum Gasteiger partial charge on any atom is 0.240 e. The molecule has 1 aromatic carbocycles. The van der Waals surface area contributed by atoms with Gasteiger partial charge in [-0.25, -0.2) is 8.78 Å². The highest BCUT2D eigenvalue weighted by molar-refractivity contribution is 5.93. The number of carbonyl (C=O) groups excluding carboxylic acids is 2.